The topological polar surface area (TPSA) is 35.2 Å². The minimum atomic E-state index is -0.199. The fourth-order valence-corrected chi connectivity index (χ4v) is 2.49. The van der Waals surface area contributed by atoms with Gasteiger partial charge in [-0.1, -0.05) is 51.8 Å². The zero-order chi connectivity index (χ0) is 13.1. The summed E-state index contributed by atoms with van der Waals surface area (Å²) >= 11 is 3.55. The lowest BCUT2D eigenvalue weighted by Gasteiger charge is -2.17. The van der Waals surface area contributed by atoms with E-state index in [1.807, 2.05) is 30.3 Å². The zero-order valence-electron chi connectivity index (χ0n) is 10.5. The van der Waals surface area contributed by atoms with Crippen LogP contribution in [0.1, 0.15) is 22.7 Å². The highest BCUT2D eigenvalue weighted by atomic mass is 79.9. The largest absolute Gasteiger partial charge is 0.496 e. The Balaban J connectivity index is 2.47. The van der Waals surface area contributed by atoms with E-state index in [1.165, 1.54) is 5.56 Å². The summed E-state index contributed by atoms with van der Waals surface area (Å²) in [5, 5.41) is 0. The minimum absolute atomic E-state index is 0.199. The summed E-state index contributed by atoms with van der Waals surface area (Å²) < 4.78 is 6.38. The maximum atomic E-state index is 6.35. The first-order chi connectivity index (χ1) is 8.63. The van der Waals surface area contributed by atoms with Gasteiger partial charge in [-0.15, -0.1) is 0 Å². The van der Waals surface area contributed by atoms with Gasteiger partial charge in [0.25, 0.3) is 0 Å². The van der Waals surface area contributed by atoms with Crippen molar-refractivity contribution in [3.63, 3.8) is 0 Å². The Bertz CT molecular complexity index is 554. The highest BCUT2D eigenvalue weighted by Crippen LogP contribution is 2.32. The van der Waals surface area contributed by atoms with Crippen LogP contribution in [-0.2, 0) is 0 Å². The summed E-state index contributed by atoms with van der Waals surface area (Å²) in [5.74, 6) is 0.818. The molecule has 94 valence electrons. The average molecular weight is 306 g/mol. The van der Waals surface area contributed by atoms with Crippen molar-refractivity contribution in [3.05, 3.63) is 63.6 Å². The first-order valence-electron chi connectivity index (χ1n) is 5.78. The van der Waals surface area contributed by atoms with Gasteiger partial charge >= 0.3 is 0 Å². The number of halogens is 1. The molecular formula is C15H16BrNO. The highest BCUT2D eigenvalue weighted by Gasteiger charge is 2.16. The number of benzene rings is 2. The van der Waals surface area contributed by atoms with Gasteiger partial charge in [0.2, 0.25) is 0 Å². The number of ether oxygens (including phenoxy) is 1. The molecular weight excluding hydrogens is 290 g/mol. The van der Waals surface area contributed by atoms with Crippen LogP contribution in [0.2, 0.25) is 0 Å². The van der Waals surface area contributed by atoms with Crippen LogP contribution in [0.15, 0.2) is 46.9 Å². The Kier molecular flexibility index (Phi) is 4.04. The average Bonchev–Trinajstić information content (AvgIpc) is 2.40. The number of hydrogen-bond acceptors (Lipinski definition) is 2. The first kappa shape index (κ1) is 13.1. The van der Waals surface area contributed by atoms with Crippen molar-refractivity contribution in [2.24, 2.45) is 5.73 Å². The van der Waals surface area contributed by atoms with E-state index < -0.39 is 0 Å². The van der Waals surface area contributed by atoms with E-state index in [1.54, 1.807) is 7.11 Å². The molecule has 2 rings (SSSR count). The predicted octanol–water partition coefficient (Wildman–Crippen LogP) is 3.81. The molecule has 0 bridgehead atoms. The molecule has 18 heavy (non-hydrogen) atoms. The second-order valence-electron chi connectivity index (χ2n) is 4.24. The molecule has 0 saturated carbocycles. The first-order valence-corrected chi connectivity index (χ1v) is 6.57. The molecule has 0 spiro atoms. The van der Waals surface area contributed by atoms with E-state index in [4.69, 9.17) is 10.5 Å². The molecule has 2 nitrogen and oxygen atoms in total. The maximum Gasteiger partial charge on any atom is 0.123 e. The lowest BCUT2D eigenvalue weighted by atomic mass is 9.97. The second kappa shape index (κ2) is 5.55. The van der Waals surface area contributed by atoms with E-state index in [-0.39, 0.29) is 6.04 Å². The molecule has 1 unspecified atom stereocenters. The normalized spacial score (nSPS) is 12.2. The van der Waals surface area contributed by atoms with E-state index >= 15 is 0 Å². The summed E-state index contributed by atoms with van der Waals surface area (Å²) in [6.45, 7) is 2.06. The Morgan fingerprint density at radius 3 is 2.56 bits per heavy atom. The molecule has 0 aromatic heterocycles. The Labute approximate surface area is 116 Å². The van der Waals surface area contributed by atoms with Crippen LogP contribution in [0.3, 0.4) is 0 Å². The quantitative estimate of drug-likeness (QED) is 0.936. The van der Waals surface area contributed by atoms with Gasteiger partial charge in [-0.25, -0.2) is 0 Å². The van der Waals surface area contributed by atoms with Crippen LogP contribution in [0.5, 0.6) is 5.75 Å². The standard InChI is InChI=1S/C15H16BrNO/c1-10-7-8-13(16)12(9-10)15(17)11-5-3-4-6-14(11)18-2/h3-9,15H,17H2,1-2H3. The van der Waals surface area contributed by atoms with Gasteiger partial charge in [0.05, 0.1) is 13.2 Å². The van der Waals surface area contributed by atoms with Crippen molar-refractivity contribution < 1.29 is 4.74 Å². The van der Waals surface area contributed by atoms with Gasteiger partial charge in [0.15, 0.2) is 0 Å². The minimum Gasteiger partial charge on any atom is -0.496 e. The van der Waals surface area contributed by atoms with Crippen molar-refractivity contribution in [1.82, 2.24) is 0 Å². The lowest BCUT2D eigenvalue weighted by Crippen LogP contribution is -2.13. The van der Waals surface area contributed by atoms with Crippen molar-refractivity contribution in [1.29, 1.82) is 0 Å². The number of aryl methyl sites for hydroxylation is 1. The molecule has 0 aliphatic rings. The van der Waals surface area contributed by atoms with Gasteiger partial charge in [0.1, 0.15) is 5.75 Å². The number of hydrogen-bond donors (Lipinski definition) is 1. The number of nitrogens with two attached hydrogens (primary N) is 1. The van der Waals surface area contributed by atoms with Crippen LogP contribution in [0.4, 0.5) is 0 Å². The summed E-state index contributed by atoms with van der Waals surface area (Å²) in [4.78, 5) is 0. The van der Waals surface area contributed by atoms with Crippen LogP contribution in [0, 0.1) is 6.92 Å². The number of rotatable bonds is 3. The van der Waals surface area contributed by atoms with E-state index in [2.05, 4.69) is 35.0 Å². The molecule has 3 heteroatoms. The molecule has 0 radical (unpaired) electrons. The van der Waals surface area contributed by atoms with Crippen molar-refractivity contribution >= 4 is 15.9 Å². The summed E-state index contributed by atoms with van der Waals surface area (Å²) in [6.07, 6.45) is 0. The van der Waals surface area contributed by atoms with Crippen molar-refractivity contribution in [2.45, 2.75) is 13.0 Å². The number of methoxy groups -OCH3 is 1. The third kappa shape index (κ3) is 2.57. The SMILES string of the molecule is COc1ccccc1C(N)c1cc(C)ccc1Br. The van der Waals surface area contributed by atoms with Crippen molar-refractivity contribution in [2.75, 3.05) is 7.11 Å². The lowest BCUT2D eigenvalue weighted by molar-refractivity contribution is 0.408. The Hall–Kier alpha value is -1.32. The zero-order valence-corrected chi connectivity index (χ0v) is 12.1. The molecule has 0 saturated heterocycles. The van der Waals surface area contributed by atoms with E-state index in [9.17, 15) is 0 Å². The van der Waals surface area contributed by atoms with Crippen molar-refractivity contribution in [3.8, 4) is 5.75 Å². The van der Waals surface area contributed by atoms with Crippen LogP contribution >= 0.6 is 15.9 Å². The second-order valence-corrected chi connectivity index (χ2v) is 5.10. The predicted molar refractivity (Wildman–Crippen MR) is 77.9 cm³/mol. The van der Waals surface area contributed by atoms with Crippen LogP contribution in [-0.4, -0.2) is 7.11 Å². The van der Waals surface area contributed by atoms with Gasteiger partial charge in [-0.3, -0.25) is 0 Å². The fourth-order valence-electron chi connectivity index (χ4n) is 1.99. The van der Waals surface area contributed by atoms with Gasteiger partial charge in [-0.2, -0.15) is 0 Å². The molecule has 1 atom stereocenters. The maximum absolute atomic E-state index is 6.35. The summed E-state index contributed by atoms with van der Waals surface area (Å²) in [7, 11) is 1.66. The molecule has 2 aromatic rings. The van der Waals surface area contributed by atoms with Crippen LogP contribution < -0.4 is 10.5 Å². The third-order valence-corrected chi connectivity index (χ3v) is 3.68. The number of para-hydroxylation sites is 1. The third-order valence-electron chi connectivity index (χ3n) is 2.96. The Morgan fingerprint density at radius 2 is 1.83 bits per heavy atom. The Morgan fingerprint density at radius 1 is 1.11 bits per heavy atom. The van der Waals surface area contributed by atoms with Gasteiger partial charge in [-0.05, 0) is 24.6 Å². The van der Waals surface area contributed by atoms with E-state index in [0.29, 0.717) is 0 Å². The molecule has 2 N–H and O–H groups in total. The summed E-state index contributed by atoms with van der Waals surface area (Å²) in [6, 6.07) is 13.8. The molecule has 0 aliphatic heterocycles. The van der Waals surface area contributed by atoms with E-state index in [0.717, 1.165) is 21.3 Å². The smallest absolute Gasteiger partial charge is 0.123 e. The van der Waals surface area contributed by atoms with Gasteiger partial charge < -0.3 is 10.5 Å². The highest BCUT2D eigenvalue weighted by molar-refractivity contribution is 9.10. The molecule has 0 fully saturated rings. The van der Waals surface area contributed by atoms with Crippen LogP contribution in [0.25, 0.3) is 0 Å². The fraction of sp³-hybridized carbons (Fsp3) is 0.200. The monoisotopic (exact) mass is 305 g/mol. The van der Waals surface area contributed by atoms with Gasteiger partial charge in [0, 0.05) is 10.0 Å². The summed E-state index contributed by atoms with van der Waals surface area (Å²) in [5.41, 5.74) is 9.61. The molecule has 0 heterocycles. The molecule has 2 aromatic carbocycles. The molecule has 0 aliphatic carbocycles. The molecule has 0 amide bonds.